The Labute approximate surface area is 55.8 Å². The molecule has 1 fully saturated rings. The van der Waals surface area contributed by atoms with Crippen LogP contribution in [0.3, 0.4) is 0 Å². The lowest BCUT2D eigenvalue weighted by molar-refractivity contribution is 0.0979. The Morgan fingerprint density at radius 1 is 1.67 bits per heavy atom. The second kappa shape index (κ2) is 3.18. The van der Waals surface area contributed by atoms with Crippen LogP contribution in [0.2, 0.25) is 0 Å². The van der Waals surface area contributed by atoms with Crippen molar-refractivity contribution in [1.29, 1.82) is 0 Å². The molecule has 1 aliphatic heterocycles. The minimum absolute atomic E-state index is 0.304. The zero-order chi connectivity index (χ0) is 6.69. The molecular weight excluding hydrogens is 116 g/mol. The Morgan fingerprint density at radius 3 is 2.89 bits per heavy atom. The smallest absolute Gasteiger partial charge is 0.0576 e. The van der Waals surface area contributed by atoms with Gasteiger partial charge in [-0.3, -0.25) is 0 Å². The number of hydrogen-bond acceptors (Lipinski definition) is 2. The van der Waals surface area contributed by atoms with E-state index in [2.05, 4.69) is 6.92 Å². The summed E-state index contributed by atoms with van der Waals surface area (Å²) in [4.78, 5) is 0. The maximum absolute atomic E-state index is 8.59. The zero-order valence-electron chi connectivity index (χ0n) is 5.84. The molecule has 9 heavy (non-hydrogen) atoms. The maximum Gasteiger partial charge on any atom is 0.0576 e. The fourth-order valence-electron chi connectivity index (χ4n) is 1.32. The Hall–Kier alpha value is -0.0800. The van der Waals surface area contributed by atoms with Crippen molar-refractivity contribution in [2.45, 2.75) is 25.9 Å². The molecule has 1 heterocycles. The molecule has 2 nitrogen and oxygen atoms in total. The normalized spacial score (nSPS) is 35.3. The average Bonchev–Trinajstić information content (AvgIpc) is 2.18. The minimum atomic E-state index is 0.304. The molecule has 54 valence electrons. The molecule has 0 aromatic heterocycles. The summed E-state index contributed by atoms with van der Waals surface area (Å²) >= 11 is 0. The molecule has 0 unspecified atom stereocenters. The summed E-state index contributed by atoms with van der Waals surface area (Å²) in [5, 5.41) is 8.59. The zero-order valence-corrected chi connectivity index (χ0v) is 5.84. The summed E-state index contributed by atoms with van der Waals surface area (Å²) in [5.41, 5.74) is 0. The highest BCUT2D eigenvalue weighted by Crippen LogP contribution is 2.22. The van der Waals surface area contributed by atoms with Gasteiger partial charge in [0.2, 0.25) is 0 Å². The molecule has 1 aliphatic rings. The van der Waals surface area contributed by atoms with E-state index in [4.69, 9.17) is 9.84 Å². The van der Waals surface area contributed by atoms with Crippen LogP contribution >= 0.6 is 0 Å². The minimum Gasteiger partial charge on any atom is -0.396 e. The van der Waals surface area contributed by atoms with E-state index in [9.17, 15) is 0 Å². The number of aliphatic hydroxyl groups excluding tert-OH is 1. The third-order valence-corrected chi connectivity index (χ3v) is 2.03. The van der Waals surface area contributed by atoms with Gasteiger partial charge in [0.1, 0.15) is 0 Å². The molecule has 0 radical (unpaired) electrons. The SMILES string of the molecule is C[C@@H]1OCC[C@@H]1CCO. The van der Waals surface area contributed by atoms with E-state index in [0.717, 1.165) is 19.4 Å². The van der Waals surface area contributed by atoms with Gasteiger partial charge >= 0.3 is 0 Å². The van der Waals surface area contributed by atoms with Crippen LogP contribution in [-0.4, -0.2) is 24.4 Å². The maximum atomic E-state index is 8.59. The predicted octanol–water partition coefficient (Wildman–Crippen LogP) is 0.794. The second-order valence-corrected chi connectivity index (χ2v) is 2.64. The molecule has 0 spiro atoms. The first-order valence-corrected chi connectivity index (χ1v) is 3.57. The summed E-state index contributed by atoms with van der Waals surface area (Å²) in [6.45, 7) is 3.26. The quantitative estimate of drug-likeness (QED) is 0.599. The highest BCUT2D eigenvalue weighted by molar-refractivity contribution is 4.71. The Morgan fingerprint density at radius 2 is 2.44 bits per heavy atom. The van der Waals surface area contributed by atoms with Gasteiger partial charge in [-0.25, -0.2) is 0 Å². The highest BCUT2D eigenvalue weighted by Gasteiger charge is 2.22. The Bertz CT molecular complexity index is 83.0. The molecular formula is C7H14O2. The van der Waals surface area contributed by atoms with Crippen LogP contribution in [0.1, 0.15) is 19.8 Å². The van der Waals surface area contributed by atoms with E-state index in [1.807, 2.05) is 0 Å². The van der Waals surface area contributed by atoms with Gasteiger partial charge in [-0.05, 0) is 25.7 Å². The first kappa shape index (κ1) is 7.03. The molecule has 2 heteroatoms. The lowest BCUT2D eigenvalue weighted by Crippen LogP contribution is -2.12. The lowest BCUT2D eigenvalue weighted by atomic mass is 10.00. The van der Waals surface area contributed by atoms with Crippen LogP contribution in [-0.2, 0) is 4.74 Å². The van der Waals surface area contributed by atoms with Crippen molar-refractivity contribution >= 4 is 0 Å². The molecule has 1 saturated heterocycles. The van der Waals surface area contributed by atoms with Gasteiger partial charge in [0, 0.05) is 13.2 Å². The first-order valence-electron chi connectivity index (χ1n) is 3.57. The van der Waals surface area contributed by atoms with Crippen LogP contribution in [0.25, 0.3) is 0 Å². The van der Waals surface area contributed by atoms with Crippen molar-refractivity contribution in [2.75, 3.05) is 13.2 Å². The van der Waals surface area contributed by atoms with Crippen molar-refractivity contribution in [1.82, 2.24) is 0 Å². The Balaban J connectivity index is 2.22. The molecule has 2 atom stereocenters. The predicted molar refractivity (Wildman–Crippen MR) is 35.2 cm³/mol. The van der Waals surface area contributed by atoms with E-state index < -0.39 is 0 Å². The van der Waals surface area contributed by atoms with E-state index in [1.165, 1.54) is 0 Å². The van der Waals surface area contributed by atoms with Crippen LogP contribution in [0.15, 0.2) is 0 Å². The number of ether oxygens (including phenoxy) is 1. The largest absolute Gasteiger partial charge is 0.396 e. The molecule has 0 saturated carbocycles. The van der Waals surface area contributed by atoms with Crippen LogP contribution in [0, 0.1) is 5.92 Å². The van der Waals surface area contributed by atoms with Crippen molar-refractivity contribution < 1.29 is 9.84 Å². The number of hydrogen-bond donors (Lipinski definition) is 1. The summed E-state index contributed by atoms with van der Waals surface area (Å²) in [7, 11) is 0. The summed E-state index contributed by atoms with van der Waals surface area (Å²) in [6.07, 6.45) is 2.40. The summed E-state index contributed by atoms with van der Waals surface area (Å²) in [5.74, 6) is 0.606. The highest BCUT2D eigenvalue weighted by atomic mass is 16.5. The molecule has 1 rings (SSSR count). The fourth-order valence-corrected chi connectivity index (χ4v) is 1.32. The van der Waals surface area contributed by atoms with Crippen molar-refractivity contribution in [3.63, 3.8) is 0 Å². The van der Waals surface area contributed by atoms with Crippen molar-refractivity contribution in [2.24, 2.45) is 5.92 Å². The summed E-state index contributed by atoms with van der Waals surface area (Å²) < 4.78 is 5.31. The number of rotatable bonds is 2. The third kappa shape index (κ3) is 1.66. The van der Waals surface area contributed by atoms with Crippen molar-refractivity contribution in [3.8, 4) is 0 Å². The van der Waals surface area contributed by atoms with Gasteiger partial charge in [0.15, 0.2) is 0 Å². The van der Waals surface area contributed by atoms with E-state index in [0.29, 0.717) is 18.6 Å². The molecule has 0 aliphatic carbocycles. The van der Waals surface area contributed by atoms with Gasteiger partial charge in [0.25, 0.3) is 0 Å². The van der Waals surface area contributed by atoms with Crippen LogP contribution in [0.4, 0.5) is 0 Å². The molecule has 0 aromatic carbocycles. The average molecular weight is 130 g/mol. The van der Waals surface area contributed by atoms with Gasteiger partial charge in [-0.15, -0.1) is 0 Å². The number of aliphatic hydroxyl groups is 1. The third-order valence-electron chi connectivity index (χ3n) is 2.03. The van der Waals surface area contributed by atoms with Crippen LogP contribution in [0.5, 0.6) is 0 Å². The fraction of sp³-hybridized carbons (Fsp3) is 1.00. The lowest BCUT2D eigenvalue weighted by Gasteiger charge is -2.10. The topological polar surface area (TPSA) is 29.5 Å². The molecule has 0 bridgehead atoms. The molecule has 1 N–H and O–H groups in total. The van der Waals surface area contributed by atoms with Gasteiger partial charge < -0.3 is 9.84 Å². The molecule has 0 aromatic rings. The van der Waals surface area contributed by atoms with E-state index >= 15 is 0 Å². The monoisotopic (exact) mass is 130 g/mol. The standard InChI is InChI=1S/C7H14O2/c1-6-7(2-4-8)3-5-9-6/h6-8H,2-5H2,1H3/t6-,7-/m0/s1. The van der Waals surface area contributed by atoms with Gasteiger partial charge in [-0.2, -0.15) is 0 Å². The van der Waals surface area contributed by atoms with Gasteiger partial charge in [-0.1, -0.05) is 0 Å². The van der Waals surface area contributed by atoms with E-state index in [1.54, 1.807) is 0 Å². The van der Waals surface area contributed by atoms with E-state index in [-0.39, 0.29) is 0 Å². The van der Waals surface area contributed by atoms with Gasteiger partial charge in [0.05, 0.1) is 6.10 Å². The summed E-state index contributed by atoms with van der Waals surface area (Å²) in [6, 6.07) is 0. The second-order valence-electron chi connectivity index (χ2n) is 2.64. The van der Waals surface area contributed by atoms with Crippen molar-refractivity contribution in [3.05, 3.63) is 0 Å². The Kier molecular flexibility index (Phi) is 2.49. The van der Waals surface area contributed by atoms with Crippen LogP contribution < -0.4 is 0 Å². The first-order chi connectivity index (χ1) is 4.34. The molecule has 0 amide bonds.